The van der Waals surface area contributed by atoms with Gasteiger partial charge in [0, 0.05) is 6.54 Å². The maximum Gasteiger partial charge on any atom is 0.239 e. The first-order valence-corrected chi connectivity index (χ1v) is 9.97. The van der Waals surface area contributed by atoms with Crippen LogP contribution in [0.1, 0.15) is 16.5 Å². The maximum atomic E-state index is 13.0. The number of amides is 2. The number of nitrogens with one attached hydrogen (secondary N) is 1. The molecule has 0 spiro atoms. The van der Waals surface area contributed by atoms with Crippen LogP contribution in [0.25, 0.3) is 0 Å². The van der Waals surface area contributed by atoms with Gasteiger partial charge in [0.25, 0.3) is 0 Å². The van der Waals surface area contributed by atoms with Crippen molar-refractivity contribution in [2.24, 2.45) is 0 Å². The maximum absolute atomic E-state index is 13.0. The molecule has 1 saturated heterocycles. The summed E-state index contributed by atoms with van der Waals surface area (Å²) in [7, 11) is 0. The van der Waals surface area contributed by atoms with Crippen LogP contribution < -0.4 is 14.8 Å². The Labute approximate surface area is 166 Å². The molecule has 0 unspecified atom stereocenters. The molecule has 146 valence electrons. The van der Waals surface area contributed by atoms with Crippen LogP contribution in [0, 0.1) is 5.82 Å². The van der Waals surface area contributed by atoms with Gasteiger partial charge in [-0.2, -0.15) is 0 Å². The fourth-order valence-electron chi connectivity index (χ4n) is 3.13. The first-order chi connectivity index (χ1) is 13.6. The number of fused-ring (bicyclic) bond motifs is 1. The zero-order valence-electron chi connectivity index (χ0n) is 15.0. The Morgan fingerprint density at radius 3 is 2.68 bits per heavy atom. The van der Waals surface area contributed by atoms with Gasteiger partial charge in [-0.25, -0.2) is 4.39 Å². The number of rotatable bonds is 5. The Morgan fingerprint density at radius 1 is 1.14 bits per heavy atom. The van der Waals surface area contributed by atoms with Crippen LogP contribution in [0.2, 0.25) is 0 Å². The van der Waals surface area contributed by atoms with Crippen LogP contribution in [0.3, 0.4) is 0 Å². The Hall–Kier alpha value is -2.74. The number of hydrogen-bond acceptors (Lipinski definition) is 5. The molecule has 1 N–H and O–H groups in total. The van der Waals surface area contributed by atoms with Gasteiger partial charge in [-0.3, -0.25) is 9.59 Å². The SMILES string of the molecule is O=C(CN1C(=O)CS[C@@H]1c1ccc2c(c1)OCCO2)NCc1ccc(F)cc1. The Morgan fingerprint density at radius 2 is 1.89 bits per heavy atom. The lowest BCUT2D eigenvalue weighted by atomic mass is 10.1. The molecule has 4 rings (SSSR count). The molecule has 2 aromatic carbocycles. The van der Waals surface area contributed by atoms with E-state index in [2.05, 4.69) is 5.32 Å². The first kappa shape index (κ1) is 18.6. The quantitative estimate of drug-likeness (QED) is 0.832. The molecule has 2 amide bonds. The van der Waals surface area contributed by atoms with E-state index in [0.29, 0.717) is 30.5 Å². The minimum atomic E-state index is -0.322. The fraction of sp³-hybridized carbons (Fsp3) is 0.300. The third-order valence-electron chi connectivity index (χ3n) is 4.54. The van der Waals surface area contributed by atoms with Crippen molar-refractivity contribution in [3.63, 3.8) is 0 Å². The molecule has 2 aliphatic heterocycles. The van der Waals surface area contributed by atoms with Gasteiger partial charge in [-0.1, -0.05) is 18.2 Å². The summed E-state index contributed by atoms with van der Waals surface area (Å²) in [6, 6.07) is 11.5. The number of ether oxygens (including phenoxy) is 2. The normalized spacial score (nSPS) is 18.2. The number of thioether (sulfide) groups is 1. The summed E-state index contributed by atoms with van der Waals surface area (Å²) in [6.45, 7) is 1.25. The van der Waals surface area contributed by atoms with Crippen molar-refractivity contribution < 1.29 is 23.5 Å². The predicted molar refractivity (Wildman–Crippen MR) is 103 cm³/mol. The van der Waals surface area contributed by atoms with Crippen molar-refractivity contribution in [2.45, 2.75) is 11.9 Å². The highest BCUT2D eigenvalue weighted by Crippen LogP contribution is 2.41. The Bertz CT molecular complexity index is 890. The van der Waals surface area contributed by atoms with E-state index in [0.717, 1.165) is 11.1 Å². The van der Waals surface area contributed by atoms with Crippen molar-refractivity contribution in [3.8, 4) is 11.5 Å². The molecule has 0 bridgehead atoms. The molecule has 2 heterocycles. The van der Waals surface area contributed by atoms with Crippen LogP contribution in [0.5, 0.6) is 11.5 Å². The van der Waals surface area contributed by atoms with Crippen molar-refractivity contribution >= 4 is 23.6 Å². The number of carbonyl (C=O) groups is 2. The molecule has 1 atom stereocenters. The minimum absolute atomic E-state index is 0.0356. The second-order valence-electron chi connectivity index (χ2n) is 6.49. The molecule has 2 aromatic rings. The lowest BCUT2D eigenvalue weighted by Gasteiger charge is -2.25. The minimum Gasteiger partial charge on any atom is -0.486 e. The van der Waals surface area contributed by atoms with E-state index in [4.69, 9.17) is 9.47 Å². The third kappa shape index (κ3) is 4.06. The molecule has 28 heavy (non-hydrogen) atoms. The zero-order chi connectivity index (χ0) is 19.5. The van der Waals surface area contributed by atoms with Crippen LogP contribution >= 0.6 is 11.8 Å². The molecule has 1 fully saturated rings. The molecule has 0 aliphatic carbocycles. The second-order valence-corrected chi connectivity index (χ2v) is 7.56. The number of nitrogens with zero attached hydrogens (tertiary/aromatic N) is 1. The van der Waals surface area contributed by atoms with Crippen LogP contribution in [0.15, 0.2) is 42.5 Å². The molecule has 0 radical (unpaired) electrons. The van der Waals surface area contributed by atoms with E-state index in [9.17, 15) is 14.0 Å². The van der Waals surface area contributed by atoms with Gasteiger partial charge in [0.15, 0.2) is 11.5 Å². The number of hydrogen-bond donors (Lipinski definition) is 1. The topological polar surface area (TPSA) is 67.9 Å². The summed E-state index contributed by atoms with van der Waals surface area (Å²) >= 11 is 1.48. The summed E-state index contributed by atoms with van der Waals surface area (Å²) in [5.74, 6) is 1.00. The average molecular weight is 402 g/mol. The zero-order valence-corrected chi connectivity index (χ0v) is 15.8. The van der Waals surface area contributed by atoms with Gasteiger partial charge >= 0.3 is 0 Å². The summed E-state index contributed by atoms with van der Waals surface area (Å²) in [5.41, 5.74) is 1.69. The molecule has 8 heteroatoms. The highest BCUT2D eigenvalue weighted by Gasteiger charge is 2.34. The summed E-state index contributed by atoms with van der Waals surface area (Å²) < 4.78 is 24.1. The average Bonchev–Trinajstić information content (AvgIpc) is 3.07. The van der Waals surface area contributed by atoms with E-state index >= 15 is 0 Å². The van der Waals surface area contributed by atoms with Gasteiger partial charge in [0.05, 0.1) is 5.75 Å². The smallest absolute Gasteiger partial charge is 0.239 e. The molecule has 0 saturated carbocycles. The van der Waals surface area contributed by atoms with Crippen LogP contribution in [-0.4, -0.2) is 42.2 Å². The van der Waals surface area contributed by atoms with Crippen molar-refractivity contribution in [2.75, 3.05) is 25.5 Å². The monoisotopic (exact) mass is 402 g/mol. The summed E-state index contributed by atoms with van der Waals surface area (Å²) in [5, 5.41) is 2.53. The first-order valence-electron chi connectivity index (χ1n) is 8.92. The second kappa shape index (κ2) is 8.10. The van der Waals surface area contributed by atoms with E-state index in [1.807, 2.05) is 18.2 Å². The lowest BCUT2D eigenvalue weighted by Crippen LogP contribution is -2.39. The molecule has 2 aliphatic rings. The highest BCUT2D eigenvalue weighted by atomic mass is 32.2. The van der Waals surface area contributed by atoms with Gasteiger partial charge < -0.3 is 19.7 Å². The van der Waals surface area contributed by atoms with Crippen LogP contribution in [0.4, 0.5) is 4.39 Å². The summed E-state index contributed by atoms with van der Waals surface area (Å²) in [6.07, 6.45) is 0. The van der Waals surface area contributed by atoms with Crippen molar-refractivity contribution in [1.29, 1.82) is 0 Å². The van der Waals surface area contributed by atoms with E-state index in [1.165, 1.54) is 23.9 Å². The fourth-order valence-corrected chi connectivity index (χ4v) is 4.31. The number of carbonyl (C=O) groups excluding carboxylic acids is 2. The standard InChI is InChI=1S/C20H19FN2O4S/c21-15-4-1-13(2-5-15)10-22-18(24)11-23-19(25)12-28-20(23)14-3-6-16-17(9-14)27-8-7-26-16/h1-6,9,20H,7-8,10-12H2,(H,22,24)/t20-/m1/s1. The Kier molecular flexibility index (Phi) is 5.38. The lowest BCUT2D eigenvalue weighted by molar-refractivity contribution is -0.133. The van der Waals surface area contributed by atoms with Crippen molar-refractivity contribution in [1.82, 2.24) is 10.2 Å². The molecule has 0 aromatic heterocycles. The van der Waals surface area contributed by atoms with Gasteiger partial charge in [-0.05, 0) is 35.4 Å². The largest absolute Gasteiger partial charge is 0.486 e. The van der Waals surface area contributed by atoms with E-state index in [-0.39, 0.29) is 36.1 Å². The number of halogens is 1. The van der Waals surface area contributed by atoms with E-state index < -0.39 is 0 Å². The number of benzene rings is 2. The Balaban J connectivity index is 1.41. The van der Waals surface area contributed by atoms with Gasteiger partial charge in [-0.15, -0.1) is 11.8 Å². The molecular formula is C20H19FN2O4S. The van der Waals surface area contributed by atoms with Crippen molar-refractivity contribution in [3.05, 3.63) is 59.4 Å². The van der Waals surface area contributed by atoms with Crippen LogP contribution in [-0.2, 0) is 16.1 Å². The molecular weight excluding hydrogens is 383 g/mol. The molecule has 6 nitrogen and oxygen atoms in total. The third-order valence-corrected chi connectivity index (χ3v) is 5.79. The highest BCUT2D eigenvalue weighted by molar-refractivity contribution is 8.00. The summed E-state index contributed by atoms with van der Waals surface area (Å²) in [4.78, 5) is 26.2. The van der Waals surface area contributed by atoms with E-state index in [1.54, 1.807) is 17.0 Å². The predicted octanol–water partition coefficient (Wildman–Crippen LogP) is 2.49. The van der Waals surface area contributed by atoms with Gasteiger partial charge in [0.1, 0.15) is 30.9 Å². The van der Waals surface area contributed by atoms with Gasteiger partial charge in [0.2, 0.25) is 11.8 Å².